The average Bonchev–Trinajstić information content (AvgIpc) is 2.63. The third-order valence-electron chi connectivity index (χ3n) is 3.99. The van der Waals surface area contributed by atoms with Crippen LogP contribution in [-0.2, 0) is 16.1 Å². The maximum Gasteiger partial charge on any atom is 0.303 e. The third-order valence-corrected chi connectivity index (χ3v) is 3.99. The molecule has 0 aliphatic carbocycles. The molecule has 0 saturated carbocycles. The molecule has 148 valence electrons. The Hall–Kier alpha value is -2.69. The number of rotatable bonds is 8. The minimum absolute atomic E-state index is 0.0440. The van der Waals surface area contributed by atoms with Crippen molar-refractivity contribution in [2.45, 2.75) is 44.2 Å². The lowest BCUT2D eigenvalue weighted by molar-refractivity contribution is -0.137. The van der Waals surface area contributed by atoms with Gasteiger partial charge in [-0.1, -0.05) is 12.1 Å². The molecule has 1 aromatic rings. The summed E-state index contributed by atoms with van der Waals surface area (Å²) in [7, 11) is 0. The first-order chi connectivity index (χ1) is 12.9. The Morgan fingerprint density at radius 1 is 1.11 bits per heavy atom. The number of aliphatic imine (C=N–C) groups is 1. The van der Waals surface area contributed by atoms with Gasteiger partial charge in [0, 0.05) is 18.5 Å². The number of nitrogens with one attached hydrogen (secondary N) is 3. The van der Waals surface area contributed by atoms with Gasteiger partial charge >= 0.3 is 5.97 Å². The molecule has 1 aromatic carbocycles. The summed E-state index contributed by atoms with van der Waals surface area (Å²) >= 11 is 0. The molecule has 0 radical (unpaired) electrons. The standard InChI is InChI=1S/C17H24N4O6/c22-9-12-15(26)16(27)21-17(20-12)18-8-10-4-6-11(7-5-10)19-13(23)2-1-3-14(24)25/h4-7,12,15-16,22,26-27H,1-3,8-9H2,(H,19,23)(H,24,25)(H2,18,20,21)/t12-,15+,16?/m1/s1. The number of carbonyl (C=O) groups is 2. The monoisotopic (exact) mass is 380 g/mol. The minimum Gasteiger partial charge on any atom is -0.481 e. The Bertz CT molecular complexity index is 679. The maximum absolute atomic E-state index is 11.7. The molecule has 0 aromatic heterocycles. The molecule has 1 aliphatic heterocycles. The summed E-state index contributed by atoms with van der Waals surface area (Å²) in [5.41, 5.74) is 1.44. The van der Waals surface area contributed by atoms with Gasteiger partial charge in [0.05, 0.1) is 19.2 Å². The summed E-state index contributed by atoms with van der Waals surface area (Å²) in [4.78, 5) is 26.4. The number of aliphatic carboxylic acids is 1. The molecule has 1 unspecified atom stereocenters. The highest BCUT2D eigenvalue weighted by Crippen LogP contribution is 2.12. The Labute approximate surface area is 155 Å². The number of anilines is 1. The van der Waals surface area contributed by atoms with E-state index < -0.39 is 24.3 Å². The van der Waals surface area contributed by atoms with Crippen LogP contribution in [0.4, 0.5) is 5.69 Å². The van der Waals surface area contributed by atoms with Crippen LogP contribution in [0.2, 0.25) is 0 Å². The number of carbonyl (C=O) groups excluding carboxylic acids is 1. The summed E-state index contributed by atoms with van der Waals surface area (Å²) in [6, 6.07) is 6.25. The van der Waals surface area contributed by atoms with Gasteiger partial charge in [0.1, 0.15) is 6.10 Å². The number of hydrogen-bond acceptors (Lipinski definition) is 6. The van der Waals surface area contributed by atoms with Crippen LogP contribution >= 0.6 is 0 Å². The summed E-state index contributed by atoms with van der Waals surface area (Å²) in [5.74, 6) is -0.909. The SMILES string of the molecule is O=C(O)CCCC(=O)Nc1ccc(CN=C2NC(O)[C@@H](O)[C@@H](CO)N2)cc1. The molecule has 0 bridgehead atoms. The van der Waals surface area contributed by atoms with Crippen molar-refractivity contribution >= 4 is 23.5 Å². The van der Waals surface area contributed by atoms with E-state index in [0.717, 1.165) is 5.56 Å². The number of amides is 1. The van der Waals surface area contributed by atoms with Crippen molar-refractivity contribution in [2.75, 3.05) is 11.9 Å². The normalized spacial score (nSPS) is 23.4. The predicted molar refractivity (Wildman–Crippen MR) is 96.9 cm³/mol. The molecule has 7 N–H and O–H groups in total. The van der Waals surface area contributed by atoms with Gasteiger partial charge in [0.25, 0.3) is 0 Å². The largest absolute Gasteiger partial charge is 0.481 e. The summed E-state index contributed by atoms with van der Waals surface area (Å²) in [5, 5.41) is 45.2. The van der Waals surface area contributed by atoms with Crippen LogP contribution in [0, 0.1) is 0 Å². The number of guanidine groups is 1. The predicted octanol–water partition coefficient (Wildman–Crippen LogP) is -1.03. The van der Waals surface area contributed by atoms with Gasteiger partial charge in [-0.25, -0.2) is 4.99 Å². The molecule has 3 atom stereocenters. The highest BCUT2D eigenvalue weighted by Gasteiger charge is 2.32. The van der Waals surface area contributed by atoms with E-state index in [2.05, 4.69) is 20.9 Å². The molecule has 1 aliphatic rings. The third kappa shape index (κ3) is 6.51. The highest BCUT2D eigenvalue weighted by molar-refractivity contribution is 5.90. The zero-order valence-electron chi connectivity index (χ0n) is 14.6. The molecule has 1 fully saturated rings. The second kappa shape index (κ2) is 9.86. The highest BCUT2D eigenvalue weighted by atomic mass is 16.4. The Morgan fingerprint density at radius 2 is 1.81 bits per heavy atom. The number of carboxylic acid groups (broad SMARTS) is 1. The summed E-state index contributed by atoms with van der Waals surface area (Å²) < 4.78 is 0. The fourth-order valence-electron chi connectivity index (χ4n) is 2.48. The summed E-state index contributed by atoms with van der Waals surface area (Å²) in [6.07, 6.45) is -1.99. The molecule has 1 saturated heterocycles. The molecular formula is C17H24N4O6. The van der Waals surface area contributed by atoms with Crippen LogP contribution in [0.25, 0.3) is 0 Å². The topological polar surface area (TPSA) is 164 Å². The molecule has 2 rings (SSSR count). The fraction of sp³-hybridized carbons (Fsp3) is 0.471. The van der Waals surface area contributed by atoms with Crippen LogP contribution in [-0.4, -0.2) is 63.2 Å². The molecule has 1 amide bonds. The first-order valence-corrected chi connectivity index (χ1v) is 8.54. The van der Waals surface area contributed by atoms with Crippen LogP contribution in [0.5, 0.6) is 0 Å². The van der Waals surface area contributed by atoms with Gasteiger partial charge in [-0.15, -0.1) is 0 Å². The molecule has 10 nitrogen and oxygen atoms in total. The number of aliphatic hydroxyl groups excluding tert-OH is 3. The van der Waals surface area contributed by atoms with E-state index in [-0.39, 0.29) is 44.3 Å². The van der Waals surface area contributed by atoms with Gasteiger partial charge in [-0.2, -0.15) is 0 Å². The Kier molecular flexibility index (Phi) is 7.53. The van der Waals surface area contributed by atoms with Crippen molar-refractivity contribution in [3.63, 3.8) is 0 Å². The average molecular weight is 380 g/mol. The lowest BCUT2D eigenvalue weighted by atomic mass is 10.1. The number of hydrogen-bond donors (Lipinski definition) is 7. The lowest BCUT2D eigenvalue weighted by Crippen LogP contribution is -2.65. The number of nitrogens with zero attached hydrogens (tertiary/aromatic N) is 1. The minimum atomic E-state index is -1.22. The van der Waals surface area contributed by atoms with Crippen LogP contribution in [0.15, 0.2) is 29.3 Å². The van der Waals surface area contributed by atoms with Crippen LogP contribution in [0.3, 0.4) is 0 Å². The second-order valence-corrected chi connectivity index (χ2v) is 6.17. The number of carboxylic acids is 1. The molecular weight excluding hydrogens is 356 g/mol. The Balaban J connectivity index is 1.85. The van der Waals surface area contributed by atoms with Gasteiger partial charge in [0.15, 0.2) is 12.2 Å². The van der Waals surface area contributed by atoms with Gasteiger partial charge in [0.2, 0.25) is 5.91 Å². The Morgan fingerprint density at radius 3 is 2.44 bits per heavy atom. The van der Waals surface area contributed by atoms with E-state index >= 15 is 0 Å². The molecule has 0 spiro atoms. The second-order valence-electron chi connectivity index (χ2n) is 6.17. The van der Waals surface area contributed by atoms with Crippen LogP contribution < -0.4 is 16.0 Å². The van der Waals surface area contributed by atoms with Gasteiger partial charge in [-0.05, 0) is 24.1 Å². The molecule has 1 heterocycles. The van der Waals surface area contributed by atoms with E-state index in [1.54, 1.807) is 24.3 Å². The van der Waals surface area contributed by atoms with E-state index in [0.29, 0.717) is 5.69 Å². The first kappa shape index (κ1) is 20.6. The number of aliphatic hydroxyl groups is 3. The van der Waals surface area contributed by atoms with Crippen molar-refractivity contribution in [3.8, 4) is 0 Å². The van der Waals surface area contributed by atoms with E-state index in [4.69, 9.17) is 5.11 Å². The van der Waals surface area contributed by atoms with Gasteiger partial charge in [-0.3, -0.25) is 9.59 Å². The quantitative estimate of drug-likeness (QED) is 0.301. The first-order valence-electron chi connectivity index (χ1n) is 8.54. The maximum atomic E-state index is 11.7. The van der Waals surface area contributed by atoms with Crippen molar-refractivity contribution < 1.29 is 30.0 Å². The van der Waals surface area contributed by atoms with Crippen LogP contribution in [0.1, 0.15) is 24.8 Å². The van der Waals surface area contributed by atoms with Gasteiger partial charge < -0.3 is 36.4 Å². The fourth-order valence-corrected chi connectivity index (χ4v) is 2.48. The van der Waals surface area contributed by atoms with Crippen molar-refractivity contribution in [1.29, 1.82) is 0 Å². The van der Waals surface area contributed by atoms with E-state index in [1.807, 2.05) is 0 Å². The molecule has 27 heavy (non-hydrogen) atoms. The zero-order valence-corrected chi connectivity index (χ0v) is 14.6. The number of benzene rings is 1. The zero-order chi connectivity index (χ0) is 19.8. The van der Waals surface area contributed by atoms with Crippen molar-refractivity contribution in [2.24, 2.45) is 4.99 Å². The lowest BCUT2D eigenvalue weighted by Gasteiger charge is -2.34. The summed E-state index contributed by atoms with van der Waals surface area (Å²) in [6.45, 7) is -0.0665. The van der Waals surface area contributed by atoms with E-state index in [1.165, 1.54) is 0 Å². The molecule has 10 heteroatoms. The van der Waals surface area contributed by atoms with E-state index in [9.17, 15) is 24.9 Å². The van der Waals surface area contributed by atoms with Crippen molar-refractivity contribution in [3.05, 3.63) is 29.8 Å². The smallest absolute Gasteiger partial charge is 0.303 e. The van der Waals surface area contributed by atoms with Crippen molar-refractivity contribution in [1.82, 2.24) is 10.6 Å².